The minimum Gasteiger partial charge on any atom is -0.480 e. The molecule has 0 N–H and O–H groups in total. The van der Waals surface area contributed by atoms with Crippen LogP contribution in [-0.2, 0) is 4.74 Å². The topological polar surface area (TPSA) is 61.3 Å². The third-order valence-electron chi connectivity index (χ3n) is 1.68. The molecule has 15 heavy (non-hydrogen) atoms. The van der Waals surface area contributed by atoms with Gasteiger partial charge in [-0.25, -0.2) is 0 Å². The van der Waals surface area contributed by atoms with Gasteiger partial charge in [-0.05, 0) is 19.9 Å². The molecule has 0 radical (unpaired) electrons. The molecule has 1 heterocycles. The number of hydrogen-bond donors (Lipinski definition) is 0. The molecule has 82 valence electrons. The molecule has 0 aliphatic heterocycles. The summed E-state index contributed by atoms with van der Waals surface area (Å²) in [6.07, 6.45) is 0.0279. The van der Waals surface area contributed by atoms with Crippen LogP contribution in [0.2, 0.25) is 0 Å². The van der Waals surface area contributed by atoms with Gasteiger partial charge in [-0.3, -0.25) is 4.79 Å². The summed E-state index contributed by atoms with van der Waals surface area (Å²) in [6.45, 7) is 3.76. The molecule has 0 saturated heterocycles. The van der Waals surface area contributed by atoms with E-state index in [2.05, 4.69) is 10.2 Å². The van der Waals surface area contributed by atoms with Gasteiger partial charge in [-0.1, -0.05) is 0 Å². The Labute approximate surface area is 88.4 Å². The van der Waals surface area contributed by atoms with Crippen LogP contribution in [0.25, 0.3) is 0 Å². The summed E-state index contributed by atoms with van der Waals surface area (Å²) in [4.78, 5) is 11.5. The van der Waals surface area contributed by atoms with E-state index in [9.17, 15) is 4.79 Å². The summed E-state index contributed by atoms with van der Waals surface area (Å²) < 4.78 is 10.00. The van der Waals surface area contributed by atoms with Crippen LogP contribution in [0.1, 0.15) is 24.3 Å². The predicted molar refractivity (Wildman–Crippen MR) is 54.0 cm³/mol. The molecule has 0 unspecified atom stereocenters. The van der Waals surface area contributed by atoms with Crippen LogP contribution in [-0.4, -0.2) is 35.8 Å². The number of ketones is 1. The highest BCUT2D eigenvalue weighted by atomic mass is 16.5. The molecule has 0 saturated carbocycles. The number of hydrogen-bond acceptors (Lipinski definition) is 5. The third kappa shape index (κ3) is 3.63. The van der Waals surface area contributed by atoms with Gasteiger partial charge in [0.2, 0.25) is 11.7 Å². The molecule has 0 fully saturated rings. The number of carbonyl (C=O) groups is 1. The van der Waals surface area contributed by atoms with Gasteiger partial charge in [-0.15, -0.1) is 10.2 Å². The van der Waals surface area contributed by atoms with E-state index < -0.39 is 0 Å². The van der Waals surface area contributed by atoms with Gasteiger partial charge >= 0.3 is 0 Å². The molecular weight excluding hydrogens is 196 g/mol. The maximum absolute atomic E-state index is 11.5. The van der Waals surface area contributed by atoms with Crippen LogP contribution >= 0.6 is 0 Å². The number of carbonyl (C=O) groups excluding carboxylic acids is 1. The molecule has 5 nitrogen and oxygen atoms in total. The fourth-order valence-corrected chi connectivity index (χ4v) is 0.894. The first-order chi connectivity index (χ1) is 7.13. The number of methoxy groups -OCH3 is 1. The molecule has 1 aromatic heterocycles. The van der Waals surface area contributed by atoms with Gasteiger partial charge in [0.05, 0.1) is 13.2 Å². The molecule has 0 spiro atoms. The first-order valence-electron chi connectivity index (χ1n) is 4.66. The highest BCUT2D eigenvalue weighted by Crippen LogP contribution is 2.04. The lowest BCUT2D eigenvalue weighted by atomic mass is 10.3. The molecule has 5 heteroatoms. The lowest BCUT2D eigenvalue weighted by Gasteiger charge is -2.05. The predicted octanol–water partition coefficient (Wildman–Crippen LogP) is 1.09. The Morgan fingerprint density at radius 1 is 1.40 bits per heavy atom. The second kappa shape index (κ2) is 5.41. The highest BCUT2D eigenvalue weighted by molar-refractivity contribution is 5.95. The Morgan fingerprint density at radius 2 is 2.13 bits per heavy atom. The number of Topliss-reactive ketones (excluding diaryl/α,β-unsaturated/α-hetero) is 1. The zero-order chi connectivity index (χ0) is 11.3. The molecule has 0 amide bonds. The molecule has 0 aromatic carbocycles. The lowest BCUT2D eigenvalue weighted by Crippen LogP contribution is -2.15. The van der Waals surface area contributed by atoms with Gasteiger partial charge in [-0.2, -0.15) is 0 Å². The van der Waals surface area contributed by atoms with E-state index in [0.29, 0.717) is 5.88 Å². The van der Waals surface area contributed by atoms with Crippen molar-refractivity contribution < 1.29 is 14.3 Å². The van der Waals surface area contributed by atoms with E-state index in [1.807, 2.05) is 13.8 Å². The van der Waals surface area contributed by atoms with Gasteiger partial charge in [0, 0.05) is 6.07 Å². The third-order valence-corrected chi connectivity index (χ3v) is 1.68. The molecule has 0 bridgehead atoms. The quantitative estimate of drug-likeness (QED) is 0.681. The van der Waals surface area contributed by atoms with Crippen molar-refractivity contribution in [3.05, 3.63) is 17.8 Å². The Bertz CT molecular complexity index is 322. The summed E-state index contributed by atoms with van der Waals surface area (Å²) in [5.74, 6) is 0.204. The largest absolute Gasteiger partial charge is 0.480 e. The van der Waals surface area contributed by atoms with E-state index in [1.165, 1.54) is 7.11 Å². The van der Waals surface area contributed by atoms with Gasteiger partial charge in [0.15, 0.2) is 0 Å². The van der Waals surface area contributed by atoms with Crippen molar-refractivity contribution in [1.29, 1.82) is 0 Å². The van der Waals surface area contributed by atoms with Crippen LogP contribution in [0.5, 0.6) is 5.88 Å². The summed E-state index contributed by atoms with van der Waals surface area (Å²) in [7, 11) is 1.49. The average Bonchev–Trinajstić information content (AvgIpc) is 2.26. The molecule has 0 aliphatic rings. The van der Waals surface area contributed by atoms with Gasteiger partial charge < -0.3 is 9.47 Å². The second-order valence-corrected chi connectivity index (χ2v) is 3.24. The fraction of sp³-hybridized carbons (Fsp3) is 0.500. The van der Waals surface area contributed by atoms with Crippen LogP contribution in [0.3, 0.4) is 0 Å². The van der Waals surface area contributed by atoms with Crippen molar-refractivity contribution in [2.24, 2.45) is 0 Å². The normalized spacial score (nSPS) is 10.4. The van der Waals surface area contributed by atoms with Crippen molar-refractivity contribution in [3.63, 3.8) is 0 Å². The standard InChI is InChI=1S/C10H14N2O3/c1-7(2)15-6-9(13)8-4-5-10(14-3)12-11-8/h4-5,7H,6H2,1-3H3. The van der Waals surface area contributed by atoms with Crippen molar-refractivity contribution in [1.82, 2.24) is 10.2 Å². The van der Waals surface area contributed by atoms with E-state index in [0.717, 1.165) is 0 Å². The van der Waals surface area contributed by atoms with E-state index >= 15 is 0 Å². The Balaban J connectivity index is 2.58. The van der Waals surface area contributed by atoms with Crippen molar-refractivity contribution in [2.45, 2.75) is 20.0 Å². The Morgan fingerprint density at radius 3 is 2.60 bits per heavy atom. The molecule has 0 atom stereocenters. The van der Waals surface area contributed by atoms with E-state index in [-0.39, 0.29) is 24.2 Å². The average molecular weight is 210 g/mol. The smallest absolute Gasteiger partial charge is 0.233 e. The van der Waals surface area contributed by atoms with Crippen LogP contribution in [0, 0.1) is 0 Å². The number of nitrogens with zero attached hydrogens (tertiary/aromatic N) is 2. The lowest BCUT2D eigenvalue weighted by molar-refractivity contribution is 0.0579. The van der Waals surface area contributed by atoms with Crippen molar-refractivity contribution in [2.75, 3.05) is 13.7 Å². The summed E-state index contributed by atoms with van der Waals surface area (Å²) >= 11 is 0. The summed E-state index contributed by atoms with van der Waals surface area (Å²) in [6, 6.07) is 3.16. The summed E-state index contributed by atoms with van der Waals surface area (Å²) in [5, 5.41) is 7.42. The maximum atomic E-state index is 11.5. The van der Waals surface area contributed by atoms with Crippen molar-refractivity contribution >= 4 is 5.78 Å². The molecule has 1 aromatic rings. The second-order valence-electron chi connectivity index (χ2n) is 3.24. The molecule has 1 rings (SSSR count). The SMILES string of the molecule is COc1ccc(C(=O)COC(C)C)nn1. The van der Waals surface area contributed by atoms with E-state index in [1.54, 1.807) is 12.1 Å². The maximum Gasteiger partial charge on any atom is 0.233 e. The molecule has 0 aliphatic carbocycles. The van der Waals surface area contributed by atoms with Crippen LogP contribution in [0.15, 0.2) is 12.1 Å². The van der Waals surface area contributed by atoms with E-state index in [4.69, 9.17) is 9.47 Å². The highest BCUT2D eigenvalue weighted by Gasteiger charge is 2.09. The van der Waals surface area contributed by atoms with Crippen LogP contribution in [0.4, 0.5) is 0 Å². The Hall–Kier alpha value is -1.49. The first kappa shape index (κ1) is 11.6. The number of aromatic nitrogens is 2. The summed E-state index contributed by atoms with van der Waals surface area (Å²) in [5.41, 5.74) is 0.288. The van der Waals surface area contributed by atoms with Gasteiger partial charge in [0.25, 0.3) is 0 Å². The zero-order valence-corrected chi connectivity index (χ0v) is 9.06. The number of rotatable bonds is 5. The van der Waals surface area contributed by atoms with Crippen LogP contribution < -0.4 is 4.74 Å². The van der Waals surface area contributed by atoms with Gasteiger partial charge in [0.1, 0.15) is 12.3 Å². The molecular formula is C10H14N2O3. The number of ether oxygens (including phenoxy) is 2. The minimum atomic E-state index is -0.182. The first-order valence-corrected chi connectivity index (χ1v) is 4.66. The van der Waals surface area contributed by atoms with Crippen molar-refractivity contribution in [3.8, 4) is 5.88 Å². The minimum absolute atomic E-state index is 0.0265. The monoisotopic (exact) mass is 210 g/mol. The Kier molecular flexibility index (Phi) is 4.17. The fourth-order valence-electron chi connectivity index (χ4n) is 0.894. The zero-order valence-electron chi connectivity index (χ0n) is 9.06.